The maximum absolute atomic E-state index is 12.3. The van der Waals surface area contributed by atoms with Crippen LogP contribution in [-0.4, -0.2) is 61.8 Å². The number of ether oxygens (including phenoxy) is 2. The Balaban J connectivity index is 1.75. The van der Waals surface area contributed by atoms with Gasteiger partial charge < -0.3 is 24.8 Å². The van der Waals surface area contributed by atoms with Gasteiger partial charge in [0, 0.05) is 6.20 Å². The molecule has 2 aromatic rings. The van der Waals surface area contributed by atoms with Crippen LogP contribution in [0.25, 0.3) is 0 Å². The fourth-order valence-electron chi connectivity index (χ4n) is 2.87. The van der Waals surface area contributed by atoms with Gasteiger partial charge in [0.15, 0.2) is 6.23 Å². The summed E-state index contributed by atoms with van der Waals surface area (Å²) in [6.07, 6.45) is -6.09. The van der Waals surface area contributed by atoms with E-state index >= 15 is 0 Å². The second-order valence-corrected chi connectivity index (χ2v) is 6.45. The normalized spacial score (nSPS) is 23.2. The van der Waals surface area contributed by atoms with Crippen molar-refractivity contribution in [3.05, 3.63) is 68.5 Å². The smallest absolute Gasteiger partial charge is 0.414 e. The average molecular weight is 421 g/mol. The second kappa shape index (κ2) is 9.00. The SMILES string of the molecule is O=C(NC(=O)c1cn([C@H]2O[C@@H](CO)[C@@H](O)[C@H]2O)c(=O)[nH]c1=O)OCc1ccccc1. The molecule has 0 unspecified atom stereocenters. The Morgan fingerprint density at radius 2 is 1.87 bits per heavy atom. The molecule has 0 saturated carbocycles. The number of nitrogens with one attached hydrogen (secondary N) is 2. The fourth-order valence-corrected chi connectivity index (χ4v) is 2.87. The first kappa shape index (κ1) is 21.4. The Labute approximate surface area is 168 Å². The minimum absolute atomic E-state index is 0.113. The van der Waals surface area contributed by atoms with Gasteiger partial charge in [-0.3, -0.25) is 24.5 Å². The van der Waals surface area contributed by atoms with Crippen LogP contribution in [0, 0.1) is 0 Å². The maximum Gasteiger partial charge on any atom is 0.414 e. The Kier molecular flexibility index (Phi) is 6.42. The number of hydrogen-bond acceptors (Lipinski definition) is 9. The van der Waals surface area contributed by atoms with Gasteiger partial charge in [-0.2, -0.15) is 0 Å². The monoisotopic (exact) mass is 421 g/mol. The summed E-state index contributed by atoms with van der Waals surface area (Å²) >= 11 is 0. The number of aromatic nitrogens is 2. The first-order valence-electron chi connectivity index (χ1n) is 8.81. The molecule has 5 N–H and O–H groups in total. The highest BCUT2D eigenvalue weighted by Gasteiger charge is 2.44. The zero-order chi connectivity index (χ0) is 21.8. The third-order valence-electron chi connectivity index (χ3n) is 4.43. The Morgan fingerprint density at radius 3 is 2.50 bits per heavy atom. The molecule has 1 aromatic heterocycles. The van der Waals surface area contributed by atoms with Crippen molar-refractivity contribution in [2.24, 2.45) is 0 Å². The predicted molar refractivity (Wildman–Crippen MR) is 98.4 cm³/mol. The van der Waals surface area contributed by atoms with E-state index < -0.39 is 60.0 Å². The number of alkyl carbamates (subject to hydrolysis) is 1. The summed E-state index contributed by atoms with van der Waals surface area (Å²) in [5, 5.41) is 30.9. The zero-order valence-electron chi connectivity index (χ0n) is 15.4. The molecule has 2 amide bonds. The third-order valence-corrected chi connectivity index (χ3v) is 4.43. The van der Waals surface area contributed by atoms with Crippen LogP contribution < -0.4 is 16.6 Å². The molecule has 30 heavy (non-hydrogen) atoms. The largest absolute Gasteiger partial charge is 0.444 e. The highest BCUT2D eigenvalue weighted by Crippen LogP contribution is 2.27. The number of amides is 2. The average Bonchev–Trinajstić information content (AvgIpc) is 3.01. The summed E-state index contributed by atoms with van der Waals surface area (Å²) in [5.41, 5.74) is -2.07. The molecular formula is C18H19N3O9. The van der Waals surface area contributed by atoms with Crippen molar-refractivity contribution in [1.82, 2.24) is 14.9 Å². The lowest BCUT2D eigenvalue weighted by Gasteiger charge is -2.17. The van der Waals surface area contributed by atoms with Gasteiger partial charge in [0.05, 0.1) is 6.61 Å². The third kappa shape index (κ3) is 4.46. The number of aromatic amines is 1. The molecule has 4 atom stereocenters. The van der Waals surface area contributed by atoms with Gasteiger partial charge in [-0.05, 0) is 5.56 Å². The van der Waals surface area contributed by atoms with E-state index in [2.05, 4.69) is 0 Å². The Bertz CT molecular complexity index is 1030. The quantitative estimate of drug-likeness (QED) is 0.373. The topological polar surface area (TPSA) is 180 Å². The summed E-state index contributed by atoms with van der Waals surface area (Å²) in [6.45, 7) is -0.744. The molecule has 2 heterocycles. The second-order valence-electron chi connectivity index (χ2n) is 6.45. The van der Waals surface area contributed by atoms with Crippen molar-refractivity contribution in [3.8, 4) is 0 Å². The van der Waals surface area contributed by atoms with E-state index in [0.29, 0.717) is 10.1 Å². The van der Waals surface area contributed by atoms with Gasteiger partial charge in [-0.1, -0.05) is 30.3 Å². The maximum atomic E-state index is 12.3. The summed E-state index contributed by atoms with van der Waals surface area (Å²) in [7, 11) is 0. The van der Waals surface area contributed by atoms with Crippen LogP contribution in [-0.2, 0) is 16.1 Å². The number of carbonyl (C=O) groups is 2. The van der Waals surface area contributed by atoms with Crippen molar-refractivity contribution in [1.29, 1.82) is 0 Å². The number of hydrogen-bond donors (Lipinski definition) is 5. The first-order chi connectivity index (χ1) is 14.3. The van der Waals surface area contributed by atoms with E-state index in [1.807, 2.05) is 10.3 Å². The summed E-state index contributed by atoms with van der Waals surface area (Å²) < 4.78 is 10.8. The van der Waals surface area contributed by atoms with E-state index in [0.717, 1.165) is 6.20 Å². The molecule has 160 valence electrons. The van der Waals surface area contributed by atoms with E-state index in [-0.39, 0.29) is 6.61 Å². The minimum Gasteiger partial charge on any atom is -0.444 e. The zero-order valence-corrected chi connectivity index (χ0v) is 15.4. The van der Waals surface area contributed by atoms with Gasteiger partial charge in [0.25, 0.3) is 11.5 Å². The number of H-pyrrole nitrogens is 1. The minimum atomic E-state index is -1.61. The van der Waals surface area contributed by atoms with Crippen molar-refractivity contribution in [2.45, 2.75) is 31.1 Å². The van der Waals surface area contributed by atoms with Crippen molar-refractivity contribution in [2.75, 3.05) is 6.61 Å². The summed E-state index contributed by atoms with van der Waals surface area (Å²) in [4.78, 5) is 50.1. The van der Waals surface area contributed by atoms with E-state index in [1.165, 1.54) is 0 Å². The standard InChI is InChI=1S/C18H19N3O9/c22-7-11-12(23)13(24)16(30-11)21-6-10(14(25)19-17(21)27)15(26)20-18(28)29-8-9-4-2-1-3-5-9/h1-6,11-13,16,22-24H,7-8H2,(H,19,25,27)(H,20,26,28)/t11-,12+,13+,16-/m0/s1. The van der Waals surface area contributed by atoms with E-state index in [4.69, 9.17) is 14.6 Å². The fraction of sp³-hybridized carbons (Fsp3) is 0.333. The number of aliphatic hydroxyl groups is 3. The van der Waals surface area contributed by atoms with Gasteiger partial charge in [-0.15, -0.1) is 0 Å². The first-order valence-corrected chi connectivity index (χ1v) is 8.81. The molecule has 1 saturated heterocycles. The van der Waals surface area contributed by atoms with Crippen LogP contribution in [0.2, 0.25) is 0 Å². The Morgan fingerprint density at radius 1 is 1.17 bits per heavy atom. The molecule has 3 rings (SSSR count). The number of nitrogens with zero attached hydrogens (tertiary/aromatic N) is 1. The van der Waals surface area contributed by atoms with Crippen LogP contribution >= 0.6 is 0 Å². The lowest BCUT2D eigenvalue weighted by atomic mass is 10.1. The highest BCUT2D eigenvalue weighted by atomic mass is 16.6. The van der Waals surface area contributed by atoms with Crippen LogP contribution in [0.1, 0.15) is 22.1 Å². The summed E-state index contributed by atoms with van der Waals surface area (Å²) in [5.74, 6) is -1.16. The molecule has 0 spiro atoms. The molecule has 0 radical (unpaired) electrons. The molecular weight excluding hydrogens is 402 g/mol. The lowest BCUT2D eigenvalue weighted by molar-refractivity contribution is -0.0551. The van der Waals surface area contributed by atoms with Crippen molar-refractivity contribution >= 4 is 12.0 Å². The van der Waals surface area contributed by atoms with Crippen LogP contribution in [0.5, 0.6) is 0 Å². The van der Waals surface area contributed by atoms with Crippen LogP contribution in [0.4, 0.5) is 4.79 Å². The van der Waals surface area contributed by atoms with Gasteiger partial charge in [0.1, 0.15) is 30.5 Å². The van der Waals surface area contributed by atoms with Gasteiger partial charge in [0.2, 0.25) is 0 Å². The van der Waals surface area contributed by atoms with Crippen molar-refractivity contribution < 1.29 is 34.4 Å². The molecule has 1 aliphatic heterocycles. The van der Waals surface area contributed by atoms with Gasteiger partial charge >= 0.3 is 11.8 Å². The molecule has 12 nitrogen and oxygen atoms in total. The number of rotatable bonds is 5. The number of carbonyl (C=O) groups excluding carboxylic acids is 2. The number of aliphatic hydroxyl groups excluding tert-OH is 3. The Hall–Kier alpha value is -3.32. The molecule has 1 aromatic carbocycles. The molecule has 12 heteroatoms. The molecule has 0 bridgehead atoms. The van der Waals surface area contributed by atoms with Gasteiger partial charge in [-0.25, -0.2) is 9.59 Å². The summed E-state index contributed by atoms with van der Waals surface area (Å²) in [6, 6.07) is 8.67. The molecule has 1 aliphatic rings. The molecule has 0 aliphatic carbocycles. The lowest BCUT2D eigenvalue weighted by Crippen LogP contribution is -2.42. The van der Waals surface area contributed by atoms with E-state index in [9.17, 15) is 29.4 Å². The molecule has 1 fully saturated rings. The number of benzene rings is 1. The van der Waals surface area contributed by atoms with E-state index in [1.54, 1.807) is 30.3 Å². The predicted octanol–water partition coefficient (Wildman–Crippen LogP) is -1.79. The van der Waals surface area contributed by atoms with Crippen molar-refractivity contribution in [3.63, 3.8) is 0 Å². The van der Waals surface area contributed by atoms with Crippen LogP contribution in [0.15, 0.2) is 46.1 Å². The van der Waals surface area contributed by atoms with Crippen LogP contribution in [0.3, 0.4) is 0 Å². The number of imide groups is 1. The highest BCUT2D eigenvalue weighted by molar-refractivity contribution is 6.02.